The van der Waals surface area contributed by atoms with Gasteiger partial charge in [0.25, 0.3) is 0 Å². The number of hydrogen-bond donors (Lipinski definition) is 1. The van der Waals surface area contributed by atoms with E-state index in [0.29, 0.717) is 0 Å². The van der Waals surface area contributed by atoms with Crippen molar-refractivity contribution in [1.29, 1.82) is 0 Å². The summed E-state index contributed by atoms with van der Waals surface area (Å²) in [6.45, 7) is 3.89. The molecule has 3 heteroatoms. The summed E-state index contributed by atoms with van der Waals surface area (Å²) in [5, 5.41) is 0.730. The van der Waals surface area contributed by atoms with Crippen molar-refractivity contribution in [2.75, 3.05) is 0 Å². The van der Waals surface area contributed by atoms with E-state index >= 15 is 0 Å². The van der Waals surface area contributed by atoms with Crippen molar-refractivity contribution in [1.82, 2.24) is 4.98 Å². The Kier molecular flexibility index (Phi) is 2.19. The van der Waals surface area contributed by atoms with Gasteiger partial charge in [-0.3, -0.25) is 4.79 Å². The molecule has 0 unspecified atom stereocenters. The Morgan fingerprint density at radius 3 is 2.64 bits per heavy atom. The lowest BCUT2D eigenvalue weighted by atomic mass is 10.1. The highest BCUT2D eigenvalue weighted by Crippen LogP contribution is 2.20. The molecule has 0 atom stereocenters. The van der Waals surface area contributed by atoms with Crippen LogP contribution in [0.1, 0.15) is 11.3 Å². The van der Waals surface area contributed by atoms with Crippen LogP contribution in [0.3, 0.4) is 0 Å². The molecule has 1 heterocycles. The molecular formula is C11H10BrNO. The van der Waals surface area contributed by atoms with Gasteiger partial charge in [0, 0.05) is 27.1 Å². The fraction of sp³-hybridized carbons (Fsp3) is 0.182. The third-order valence-corrected chi connectivity index (χ3v) is 3.10. The first-order chi connectivity index (χ1) is 6.58. The minimum Gasteiger partial charge on any atom is -0.358 e. The highest BCUT2D eigenvalue weighted by Gasteiger charge is 2.02. The van der Waals surface area contributed by atoms with Gasteiger partial charge in [0.2, 0.25) is 0 Å². The number of hydrogen-bond acceptors (Lipinski definition) is 1. The Labute approximate surface area is 90.1 Å². The zero-order chi connectivity index (χ0) is 10.3. The van der Waals surface area contributed by atoms with Crippen LogP contribution >= 0.6 is 15.9 Å². The predicted molar refractivity (Wildman–Crippen MR) is 61.7 cm³/mol. The third kappa shape index (κ3) is 1.48. The molecule has 2 nitrogen and oxygen atoms in total. The van der Waals surface area contributed by atoms with Crippen molar-refractivity contribution in [3.63, 3.8) is 0 Å². The van der Waals surface area contributed by atoms with E-state index in [0.717, 1.165) is 26.6 Å². The first kappa shape index (κ1) is 9.46. The summed E-state index contributed by atoms with van der Waals surface area (Å²) in [4.78, 5) is 14.8. The van der Waals surface area contributed by atoms with E-state index in [1.165, 1.54) is 0 Å². The number of pyridine rings is 1. The molecule has 0 amide bonds. The molecule has 14 heavy (non-hydrogen) atoms. The molecule has 1 aromatic heterocycles. The third-order valence-electron chi connectivity index (χ3n) is 2.24. The van der Waals surface area contributed by atoms with Gasteiger partial charge in [-0.15, -0.1) is 0 Å². The summed E-state index contributed by atoms with van der Waals surface area (Å²) in [7, 11) is 0. The summed E-state index contributed by atoms with van der Waals surface area (Å²) in [6, 6.07) is 5.46. The van der Waals surface area contributed by atoms with Gasteiger partial charge in [0.1, 0.15) is 0 Å². The molecule has 0 spiro atoms. The summed E-state index contributed by atoms with van der Waals surface area (Å²) in [5.41, 5.74) is 2.98. The normalized spacial score (nSPS) is 10.8. The highest BCUT2D eigenvalue weighted by molar-refractivity contribution is 9.10. The maximum atomic E-state index is 11.6. The van der Waals surface area contributed by atoms with Crippen molar-refractivity contribution in [3.05, 3.63) is 44.2 Å². The second-order valence-electron chi connectivity index (χ2n) is 3.46. The summed E-state index contributed by atoms with van der Waals surface area (Å²) < 4.78 is 0.972. The van der Waals surface area contributed by atoms with Crippen LogP contribution in [0.2, 0.25) is 0 Å². The molecule has 0 saturated heterocycles. The van der Waals surface area contributed by atoms with Gasteiger partial charge in [-0.05, 0) is 31.5 Å². The number of nitrogens with one attached hydrogen (secondary N) is 1. The van der Waals surface area contributed by atoms with Crippen LogP contribution in [0.5, 0.6) is 0 Å². The Morgan fingerprint density at radius 2 is 1.93 bits per heavy atom. The molecule has 0 aliphatic heterocycles. The van der Waals surface area contributed by atoms with Gasteiger partial charge < -0.3 is 4.98 Å². The number of aryl methyl sites for hydroxylation is 2. The van der Waals surface area contributed by atoms with Crippen LogP contribution in [0, 0.1) is 13.8 Å². The molecule has 72 valence electrons. The number of fused-ring (bicyclic) bond motifs is 1. The Bertz CT molecular complexity index is 557. The van der Waals surface area contributed by atoms with Crippen LogP contribution in [0.25, 0.3) is 10.9 Å². The Balaban J connectivity index is 2.96. The van der Waals surface area contributed by atoms with Crippen molar-refractivity contribution in [3.8, 4) is 0 Å². The van der Waals surface area contributed by atoms with E-state index in [9.17, 15) is 4.79 Å². The van der Waals surface area contributed by atoms with Crippen LogP contribution in [0.15, 0.2) is 27.5 Å². The molecule has 0 aliphatic carbocycles. The molecule has 0 fully saturated rings. The maximum absolute atomic E-state index is 11.6. The van der Waals surface area contributed by atoms with Crippen LogP contribution < -0.4 is 5.43 Å². The number of benzene rings is 1. The topological polar surface area (TPSA) is 32.9 Å². The van der Waals surface area contributed by atoms with Crippen LogP contribution in [-0.2, 0) is 0 Å². The number of halogens is 1. The van der Waals surface area contributed by atoms with Crippen LogP contribution in [-0.4, -0.2) is 4.98 Å². The zero-order valence-corrected chi connectivity index (χ0v) is 9.60. The molecule has 2 aromatic rings. The molecule has 1 N–H and O–H groups in total. The number of aromatic nitrogens is 1. The van der Waals surface area contributed by atoms with Gasteiger partial charge in [0.05, 0.1) is 0 Å². The van der Waals surface area contributed by atoms with E-state index in [4.69, 9.17) is 0 Å². The summed E-state index contributed by atoms with van der Waals surface area (Å²) >= 11 is 3.42. The van der Waals surface area contributed by atoms with Crippen molar-refractivity contribution < 1.29 is 0 Å². The minimum absolute atomic E-state index is 0.0666. The van der Waals surface area contributed by atoms with E-state index in [-0.39, 0.29) is 5.43 Å². The SMILES string of the molecule is Cc1cc(=O)c2cc(Br)c(C)cc2[nH]1. The minimum atomic E-state index is 0.0666. The van der Waals surface area contributed by atoms with Gasteiger partial charge in [0.15, 0.2) is 5.43 Å². The van der Waals surface area contributed by atoms with Gasteiger partial charge >= 0.3 is 0 Å². The number of H-pyrrole nitrogens is 1. The standard InChI is InChI=1S/C11H10BrNO/c1-6-3-10-8(5-9(6)12)11(14)4-7(2)13-10/h3-5H,1-2H3,(H,13,14). The smallest absolute Gasteiger partial charge is 0.189 e. The second-order valence-corrected chi connectivity index (χ2v) is 4.32. The molecule has 0 radical (unpaired) electrons. The van der Waals surface area contributed by atoms with Crippen LogP contribution in [0.4, 0.5) is 0 Å². The first-order valence-corrected chi connectivity index (χ1v) is 5.17. The highest BCUT2D eigenvalue weighted by atomic mass is 79.9. The second kappa shape index (κ2) is 3.24. The van der Waals surface area contributed by atoms with E-state index < -0.39 is 0 Å². The number of rotatable bonds is 0. The first-order valence-electron chi connectivity index (χ1n) is 4.38. The lowest BCUT2D eigenvalue weighted by molar-refractivity contribution is 1.23. The average molecular weight is 252 g/mol. The molecule has 1 aromatic carbocycles. The van der Waals surface area contributed by atoms with Crippen molar-refractivity contribution >= 4 is 26.8 Å². The quantitative estimate of drug-likeness (QED) is 0.768. The van der Waals surface area contributed by atoms with Crippen molar-refractivity contribution in [2.24, 2.45) is 0 Å². The van der Waals surface area contributed by atoms with E-state index in [1.54, 1.807) is 6.07 Å². The summed E-state index contributed by atoms with van der Waals surface area (Å²) in [6.07, 6.45) is 0. The fourth-order valence-electron chi connectivity index (χ4n) is 1.51. The average Bonchev–Trinajstić information content (AvgIpc) is 2.08. The monoisotopic (exact) mass is 251 g/mol. The van der Waals surface area contributed by atoms with Gasteiger partial charge in [-0.2, -0.15) is 0 Å². The fourth-order valence-corrected chi connectivity index (χ4v) is 1.86. The molecule has 0 saturated carbocycles. The molecule has 0 aliphatic rings. The molecule has 2 rings (SSSR count). The Morgan fingerprint density at radius 1 is 1.21 bits per heavy atom. The largest absolute Gasteiger partial charge is 0.358 e. The maximum Gasteiger partial charge on any atom is 0.189 e. The number of aromatic amines is 1. The van der Waals surface area contributed by atoms with E-state index in [1.807, 2.05) is 26.0 Å². The Hall–Kier alpha value is -1.09. The van der Waals surface area contributed by atoms with Gasteiger partial charge in [-0.25, -0.2) is 0 Å². The predicted octanol–water partition coefficient (Wildman–Crippen LogP) is 2.91. The van der Waals surface area contributed by atoms with Crippen molar-refractivity contribution in [2.45, 2.75) is 13.8 Å². The molecule has 0 bridgehead atoms. The lowest BCUT2D eigenvalue weighted by Gasteiger charge is -2.03. The zero-order valence-electron chi connectivity index (χ0n) is 8.02. The lowest BCUT2D eigenvalue weighted by Crippen LogP contribution is -2.03. The van der Waals surface area contributed by atoms with Gasteiger partial charge in [-0.1, -0.05) is 15.9 Å². The van der Waals surface area contributed by atoms with E-state index in [2.05, 4.69) is 20.9 Å². The molecular weight excluding hydrogens is 242 g/mol. The summed E-state index contributed by atoms with van der Waals surface area (Å²) in [5.74, 6) is 0.